The van der Waals surface area contributed by atoms with E-state index >= 15 is 0 Å². The number of carbonyl (C=O) groups is 1. The molecule has 1 N–H and O–H groups in total. The van der Waals surface area contributed by atoms with Crippen molar-refractivity contribution in [3.8, 4) is 5.75 Å². The molecule has 0 saturated carbocycles. The van der Waals surface area contributed by atoms with Crippen LogP contribution >= 0.6 is 11.6 Å². The minimum absolute atomic E-state index is 0.258. The predicted molar refractivity (Wildman–Crippen MR) is 84.4 cm³/mol. The van der Waals surface area contributed by atoms with Crippen LogP contribution in [-0.2, 0) is 11.3 Å². The van der Waals surface area contributed by atoms with Crippen LogP contribution in [0.2, 0.25) is 5.02 Å². The number of ether oxygens (including phenoxy) is 1. The standard InChI is InChI=1S/C17H17ClFNO2/c1-17(2,22-15-9-7-14(19)8-10-15)16(21)20-11-12-3-5-13(18)6-4-12/h3-10H,11H2,1-2H3,(H,20,21). The lowest BCUT2D eigenvalue weighted by Crippen LogP contribution is -2.46. The molecule has 0 fully saturated rings. The van der Waals surface area contributed by atoms with Crippen molar-refractivity contribution in [3.63, 3.8) is 0 Å². The molecule has 3 nitrogen and oxygen atoms in total. The maximum atomic E-state index is 12.9. The topological polar surface area (TPSA) is 38.3 Å². The number of halogens is 2. The van der Waals surface area contributed by atoms with Gasteiger partial charge in [-0.3, -0.25) is 4.79 Å². The van der Waals surface area contributed by atoms with Crippen LogP contribution in [0.25, 0.3) is 0 Å². The number of carbonyl (C=O) groups excluding carboxylic acids is 1. The normalized spacial score (nSPS) is 11.1. The van der Waals surface area contributed by atoms with Gasteiger partial charge in [-0.05, 0) is 55.8 Å². The second-order valence-corrected chi connectivity index (χ2v) is 5.81. The third-order valence-electron chi connectivity index (χ3n) is 3.10. The van der Waals surface area contributed by atoms with Gasteiger partial charge in [-0.2, -0.15) is 0 Å². The summed E-state index contributed by atoms with van der Waals surface area (Å²) in [5.41, 5.74) is -0.125. The molecule has 0 aliphatic rings. The van der Waals surface area contributed by atoms with E-state index < -0.39 is 5.60 Å². The molecular weight excluding hydrogens is 305 g/mol. The van der Waals surface area contributed by atoms with Crippen LogP contribution in [0.15, 0.2) is 48.5 Å². The highest BCUT2D eigenvalue weighted by molar-refractivity contribution is 6.30. The van der Waals surface area contributed by atoms with Gasteiger partial charge in [0, 0.05) is 11.6 Å². The largest absolute Gasteiger partial charge is 0.478 e. The highest BCUT2D eigenvalue weighted by Crippen LogP contribution is 2.19. The highest BCUT2D eigenvalue weighted by Gasteiger charge is 2.29. The lowest BCUT2D eigenvalue weighted by Gasteiger charge is -2.25. The average molecular weight is 322 g/mol. The van der Waals surface area contributed by atoms with E-state index in [4.69, 9.17) is 16.3 Å². The Morgan fingerprint density at radius 3 is 2.32 bits per heavy atom. The van der Waals surface area contributed by atoms with Gasteiger partial charge in [0.1, 0.15) is 11.6 Å². The first kappa shape index (κ1) is 16.3. The van der Waals surface area contributed by atoms with Crippen molar-refractivity contribution in [1.82, 2.24) is 5.32 Å². The van der Waals surface area contributed by atoms with Gasteiger partial charge in [0.05, 0.1) is 0 Å². The first-order chi connectivity index (χ1) is 10.4. The molecule has 0 bridgehead atoms. The van der Waals surface area contributed by atoms with Crippen LogP contribution < -0.4 is 10.1 Å². The molecule has 2 aromatic carbocycles. The zero-order valence-electron chi connectivity index (χ0n) is 12.4. The minimum atomic E-state index is -1.07. The number of hydrogen-bond donors (Lipinski definition) is 1. The molecule has 0 aliphatic carbocycles. The molecule has 5 heteroatoms. The molecule has 0 saturated heterocycles. The average Bonchev–Trinajstić information content (AvgIpc) is 2.48. The van der Waals surface area contributed by atoms with Gasteiger partial charge >= 0.3 is 0 Å². The maximum Gasteiger partial charge on any atom is 0.263 e. The van der Waals surface area contributed by atoms with Crippen molar-refractivity contribution in [1.29, 1.82) is 0 Å². The number of nitrogens with one attached hydrogen (secondary N) is 1. The van der Waals surface area contributed by atoms with Gasteiger partial charge in [-0.15, -0.1) is 0 Å². The second kappa shape index (κ2) is 6.79. The van der Waals surface area contributed by atoms with Crippen molar-refractivity contribution in [2.75, 3.05) is 0 Å². The Morgan fingerprint density at radius 1 is 1.14 bits per heavy atom. The number of amides is 1. The molecule has 0 radical (unpaired) electrons. The monoisotopic (exact) mass is 321 g/mol. The first-order valence-electron chi connectivity index (χ1n) is 6.84. The summed E-state index contributed by atoms with van der Waals surface area (Å²) < 4.78 is 18.5. The molecule has 0 unspecified atom stereocenters. The van der Waals surface area contributed by atoms with Gasteiger partial charge in [0.25, 0.3) is 5.91 Å². The second-order valence-electron chi connectivity index (χ2n) is 5.38. The Hall–Kier alpha value is -2.07. The summed E-state index contributed by atoms with van der Waals surface area (Å²) in [7, 11) is 0. The van der Waals surface area contributed by atoms with E-state index in [1.54, 1.807) is 26.0 Å². The van der Waals surface area contributed by atoms with Crippen LogP contribution in [0.5, 0.6) is 5.75 Å². The van der Waals surface area contributed by atoms with Crippen LogP contribution in [0.4, 0.5) is 4.39 Å². The molecule has 0 aromatic heterocycles. The lowest BCUT2D eigenvalue weighted by atomic mass is 10.1. The van der Waals surface area contributed by atoms with Crippen LogP contribution in [-0.4, -0.2) is 11.5 Å². The molecule has 0 atom stereocenters. The summed E-state index contributed by atoms with van der Waals surface area (Å²) in [6.45, 7) is 3.70. The van der Waals surface area contributed by atoms with Crippen molar-refractivity contribution >= 4 is 17.5 Å². The smallest absolute Gasteiger partial charge is 0.263 e. The Morgan fingerprint density at radius 2 is 1.73 bits per heavy atom. The Labute approximate surface area is 134 Å². The molecule has 2 rings (SSSR count). The molecule has 2 aromatic rings. The van der Waals surface area contributed by atoms with Crippen LogP contribution in [0, 0.1) is 5.82 Å². The maximum absolute atomic E-state index is 12.9. The quantitative estimate of drug-likeness (QED) is 0.905. The van der Waals surface area contributed by atoms with Gasteiger partial charge in [0.2, 0.25) is 0 Å². The fourth-order valence-corrected chi connectivity index (χ4v) is 1.97. The predicted octanol–water partition coefficient (Wildman–Crippen LogP) is 3.95. The summed E-state index contributed by atoms with van der Waals surface area (Å²) in [4.78, 5) is 12.2. The summed E-state index contributed by atoms with van der Waals surface area (Å²) in [6, 6.07) is 12.8. The SMILES string of the molecule is CC(C)(Oc1ccc(F)cc1)C(=O)NCc1ccc(Cl)cc1. The molecule has 1 amide bonds. The Kier molecular flexibility index (Phi) is 5.03. The van der Waals surface area contributed by atoms with Gasteiger partial charge in [0.15, 0.2) is 5.60 Å². The molecule has 22 heavy (non-hydrogen) atoms. The van der Waals surface area contributed by atoms with Gasteiger partial charge < -0.3 is 10.1 Å². The third-order valence-corrected chi connectivity index (χ3v) is 3.35. The van der Waals surface area contributed by atoms with Crippen molar-refractivity contribution in [2.24, 2.45) is 0 Å². The van der Waals surface area contributed by atoms with Gasteiger partial charge in [-0.1, -0.05) is 23.7 Å². The zero-order chi connectivity index (χ0) is 16.2. The van der Waals surface area contributed by atoms with Gasteiger partial charge in [-0.25, -0.2) is 4.39 Å². The zero-order valence-corrected chi connectivity index (χ0v) is 13.2. The van der Waals surface area contributed by atoms with E-state index in [1.807, 2.05) is 12.1 Å². The fraction of sp³-hybridized carbons (Fsp3) is 0.235. The minimum Gasteiger partial charge on any atom is -0.478 e. The van der Waals surface area contributed by atoms with E-state index in [1.165, 1.54) is 24.3 Å². The van der Waals surface area contributed by atoms with Crippen LogP contribution in [0.3, 0.4) is 0 Å². The summed E-state index contributed by atoms with van der Waals surface area (Å²) in [5, 5.41) is 3.46. The summed E-state index contributed by atoms with van der Waals surface area (Å²) in [6.07, 6.45) is 0. The Balaban J connectivity index is 1.94. The molecular formula is C17H17ClFNO2. The lowest BCUT2D eigenvalue weighted by molar-refractivity contribution is -0.134. The number of rotatable bonds is 5. The summed E-state index contributed by atoms with van der Waals surface area (Å²) >= 11 is 5.81. The molecule has 0 heterocycles. The Bertz CT molecular complexity index is 639. The van der Waals surface area contributed by atoms with Crippen molar-refractivity contribution in [3.05, 3.63) is 64.9 Å². The van der Waals surface area contributed by atoms with E-state index in [2.05, 4.69) is 5.32 Å². The third kappa shape index (κ3) is 4.46. The van der Waals surface area contributed by atoms with E-state index in [0.717, 1.165) is 5.56 Å². The molecule has 116 valence electrons. The summed E-state index contributed by atoms with van der Waals surface area (Å²) in [5.74, 6) is -0.169. The fourth-order valence-electron chi connectivity index (χ4n) is 1.84. The number of benzene rings is 2. The van der Waals surface area contributed by atoms with E-state index in [0.29, 0.717) is 17.3 Å². The first-order valence-corrected chi connectivity index (χ1v) is 7.22. The van der Waals surface area contributed by atoms with E-state index in [9.17, 15) is 9.18 Å². The van der Waals surface area contributed by atoms with E-state index in [-0.39, 0.29) is 11.7 Å². The molecule has 0 spiro atoms. The van der Waals surface area contributed by atoms with Crippen molar-refractivity contribution in [2.45, 2.75) is 26.0 Å². The van der Waals surface area contributed by atoms with Crippen LogP contribution in [0.1, 0.15) is 19.4 Å². The van der Waals surface area contributed by atoms with Crippen molar-refractivity contribution < 1.29 is 13.9 Å². The number of hydrogen-bond acceptors (Lipinski definition) is 2. The highest BCUT2D eigenvalue weighted by atomic mass is 35.5. The molecule has 0 aliphatic heterocycles.